The molecule has 132 valence electrons. The van der Waals surface area contributed by atoms with Gasteiger partial charge in [-0.3, -0.25) is 19.4 Å². The Hall–Kier alpha value is -1.21. The maximum Gasteiger partial charge on any atom is 0.332 e. The molecule has 0 aromatic carbocycles. The number of barbiturate groups is 1. The molecule has 6 nitrogen and oxygen atoms in total. The van der Waals surface area contributed by atoms with Crippen LogP contribution >= 0.6 is 0 Å². The first-order chi connectivity index (χ1) is 10.4. The molecule has 2 atom stereocenters. The molecule has 0 N–H and O–H groups in total. The van der Waals surface area contributed by atoms with E-state index in [0.717, 1.165) is 9.80 Å². The van der Waals surface area contributed by atoms with Gasteiger partial charge >= 0.3 is 6.03 Å². The Morgan fingerprint density at radius 1 is 1.04 bits per heavy atom. The molecule has 0 bridgehead atoms. The molecule has 2 unspecified atom stereocenters. The third kappa shape index (κ3) is 3.66. The van der Waals surface area contributed by atoms with Crippen LogP contribution in [-0.2, 0) is 14.0 Å². The van der Waals surface area contributed by atoms with E-state index in [1.54, 1.807) is 0 Å². The molecule has 0 aliphatic carbocycles. The summed E-state index contributed by atoms with van der Waals surface area (Å²) < 4.78 is 6.06. The van der Waals surface area contributed by atoms with Gasteiger partial charge in [0.1, 0.15) is 5.41 Å². The van der Waals surface area contributed by atoms with Crippen molar-refractivity contribution in [1.82, 2.24) is 9.80 Å². The molecule has 1 aliphatic heterocycles. The number of urea groups is 1. The van der Waals surface area contributed by atoms with Crippen LogP contribution in [0.3, 0.4) is 0 Å². The highest BCUT2D eigenvalue weighted by Crippen LogP contribution is 2.41. The second-order valence-electron chi connectivity index (χ2n) is 7.51. The molecule has 1 rings (SSSR count). The van der Waals surface area contributed by atoms with E-state index < -0.39 is 31.6 Å². The van der Waals surface area contributed by atoms with Gasteiger partial charge < -0.3 is 4.43 Å². The van der Waals surface area contributed by atoms with E-state index in [1.165, 1.54) is 14.1 Å². The summed E-state index contributed by atoms with van der Waals surface area (Å²) >= 11 is 0. The highest BCUT2D eigenvalue weighted by atomic mass is 28.4. The van der Waals surface area contributed by atoms with Crippen LogP contribution in [0.2, 0.25) is 19.6 Å². The third-order valence-electron chi connectivity index (χ3n) is 4.59. The highest BCUT2D eigenvalue weighted by Gasteiger charge is 2.57. The zero-order valence-electron chi connectivity index (χ0n) is 15.6. The summed E-state index contributed by atoms with van der Waals surface area (Å²) in [5.74, 6) is -1.02. The molecule has 0 aromatic heterocycles. The third-order valence-corrected chi connectivity index (χ3v) is 5.70. The zero-order valence-corrected chi connectivity index (χ0v) is 16.6. The van der Waals surface area contributed by atoms with Gasteiger partial charge in [-0.05, 0) is 45.3 Å². The predicted octanol–water partition coefficient (Wildman–Crippen LogP) is 2.70. The van der Waals surface area contributed by atoms with E-state index in [-0.39, 0.29) is 12.0 Å². The quantitative estimate of drug-likeness (QED) is 0.550. The van der Waals surface area contributed by atoms with E-state index in [1.807, 2.05) is 20.8 Å². The van der Waals surface area contributed by atoms with Gasteiger partial charge in [-0.2, -0.15) is 0 Å². The summed E-state index contributed by atoms with van der Waals surface area (Å²) in [7, 11) is 1.19. The van der Waals surface area contributed by atoms with Gasteiger partial charge in [0.15, 0.2) is 8.32 Å². The minimum absolute atomic E-state index is 0.0334. The van der Waals surface area contributed by atoms with E-state index in [0.29, 0.717) is 12.8 Å². The van der Waals surface area contributed by atoms with Crippen LogP contribution in [0.4, 0.5) is 4.79 Å². The topological polar surface area (TPSA) is 66.9 Å². The van der Waals surface area contributed by atoms with Crippen LogP contribution in [0.25, 0.3) is 0 Å². The van der Waals surface area contributed by atoms with Crippen LogP contribution in [0.5, 0.6) is 0 Å². The second-order valence-corrected chi connectivity index (χ2v) is 12.0. The van der Waals surface area contributed by atoms with Crippen molar-refractivity contribution in [3.63, 3.8) is 0 Å². The van der Waals surface area contributed by atoms with Gasteiger partial charge in [0.2, 0.25) is 11.8 Å². The largest absolute Gasteiger partial charge is 0.415 e. The minimum Gasteiger partial charge on any atom is -0.415 e. The second kappa shape index (κ2) is 6.73. The molecule has 1 saturated heterocycles. The molecule has 1 fully saturated rings. The van der Waals surface area contributed by atoms with Crippen LogP contribution < -0.4 is 0 Å². The Morgan fingerprint density at radius 2 is 1.48 bits per heavy atom. The van der Waals surface area contributed by atoms with Gasteiger partial charge in [0.05, 0.1) is 0 Å². The van der Waals surface area contributed by atoms with Gasteiger partial charge in [-0.1, -0.05) is 13.8 Å². The first-order valence-electron chi connectivity index (χ1n) is 8.16. The van der Waals surface area contributed by atoms with E-state index in [4.69, 9.17) is 4.43 Å². The van der Waals surface area contributed by atoms with E-state index in [9.17, 15) is 14.4 Å². The van der Waals surface area contributed by atoms with Gasteiger partial charge in [0, 0.05) is 20.2 Å². The monoisotopic (exact) mass is 342 g/mol. The lowest BCUT2D eigenvalue weighted by Crippen LogP contribution is -2.65. The molecule has 7 heteroatoms. The molecule has 0 saturated carbocycles. The van der Waals surface area contributed by atoms with Crippen molar-refractivity contribution in [3.8, 4) is 0 Å². The van der Waals surface area contributed by atoms with Gasteiger partial charge in [-0.15, -0.1) is 0 Å². The summed E-state index contributed by atoms with van der Waals surface area (Å²) in [6.07, 6.45) is 0.938. The minimum atomic E-state index is -1.69. The van der Waals surface area contributed by atoms with Crippen molar-refractivity contribution in [2.45, 2.75) is 59.4 Å². The molecule has 0 radical (unpaired) electrons. The van der Waals surface area contributed by atoms with Gasteiger partial charge in [-0.25, -0.2) is 4.79 Å². The Kier molecular flexibility index (Phi) is 5.80. The van der Waals surface area contributed by atoms with Crippen molar-refractivity contribution in [1.29, 1.82) is 0 Å². The summed E-state index contributed by atoms with van der Waals surface area (Å²) in [5, 5.41) is 0. The molecule has 4 amide bonds. The molecule has 1 heterocycles. The molecule has 1 aliphatic rings. The number of hydrogen-bond acceptors (Lipinski definition) is 4. The fourth-order valence-corrected chi connectivity index (χ4v) is 4.82. The van der Waals surface area contributed by atoms with E-state index >= 15 is 0 Å². The summed E-state index contributed by atoms with van der Waals surface area (Å²) in [5.41, 5.74) is -1.19. The zero-order chi connectivity index (χ0) is 18.2. The average molecular weight is 343 g/mol. The Bertz CT molecular complexity index is 477. The number of nitrogens with zero attached hydrogens (tertiary/aromatic N) is 2. The van der Waals surface area contributed by atoms with Crippen LogP contribution in [0.1, 0.15) is 33.6 Å². The molecule has 0 spiro atoms. The number of amides is 4. The first-order valence-corrected chi connectivity index (χ1v) is 11.6. The summed E-state index contributed by atoms with van der Waals surface area (Å²) in [6.45, 7) is 12.0. The lowest BCUT2D eigenvalue weighted by molar-refractivity contribution is -0.162. The van der Waals surface area contributed by atoms with Crippen molar-refractivity contribution in [3.05, 3.63) is 0 Å². The van der Waals surface area contributed by atoms with Crippen LogP contribution in [0, 0.1) is 11.3 Å². The number of carbonyl (C=O) groups is 3. The van der Waals surface area contributed by atoms with Gasteiger partial charge in [0.25, 0.3) is 0 Å². The lowest BCUT2D eigenvalue weighted by atomic mass is 9.69. The molecular formula is C16H30N2O4Si. The normalized spacial score (nSPS) is 21.7. The maximum atomic E-state index is 12.8. The maximum absolute atomic E-state index is 12.8. The molecule has 0 aromatic rings. The van der Waals surface area contributed by atoms with E-state index in [2.05, 4.69) is 19.6 Å². The number of rotatable bonds is 6. The molecule has 23 heavy (non-hydrogen) atoms. The van der Waals surface area contributed by atoms with Crippen molar-refractivity contribution in [2.24, 2.45) is 11.3 Å². The SMILES string of the molecule is CCC1(C(C)CC(C)O[Si](C)(C)C)C(=O)N(C)C(=O)N(C)C1=O. The van der Waals surface area contributed by atoms with Crippen LogP contribution in [0.15, 0.2) is 0 Å². The first kappa shape index (κ1) is 19.8. The number of hydrogen-bond donors (Lipinski definition) is 0. The Morgan fingerprint density at radius 3 is 1.83 bits per heavy atom. The summed E-state index contributed by atoms with van der Waals surface area (Å²) in [4.78, 5) is 39.7. The fourth-order valence-electron chi connectivity index (χ4n) is 3.51. The number of imide groups is 2. The van der Waals surface area contributed by atoms with Crippen molar-refractivity contribution in [2.75, 3.05) is 14.1 Å². The highest BCUT2D eigenvalue weighted by molar-refractivity contribution is 6.69. The Balaban J connectivity index is 3.09. The predicted molar refractivity (Wildman–Crippen MR) is 91.3 cm³/mol. The fraction of sp³-hybridized carbons (Fsp3) is 0.812. The van der Waals surface area contributed by atoms with Crippen molar-refractivity contribution < 1.29 is 18.8 Å². The summed E-state index contributed by atoms with van der Waals surface area (Å²) in [6, 6.07) is -0.567. The molecular weight excluding hydrogens is 312 g/mol. The number of carbonyl (C=O) groups excluding carboxylic acids is 3. The Labute approximate surface area is 140 Å². The lowest BCUT2D eigenvalue weighted by Gasteiger charge is -2.45. The smallest absolute Gasteiger partial charge is 0.332 e. The van der Waals surface area contributed by atoms with Crippen molar-refractivity contribution >= 4 is 26.2 Å². The standard InChI is InChI=1S/C16H30N2O4Si/c1-9-16(11(2)10-12(3)22-23(6,7)8)13(19)17(4)15(21)18(5)14(16)20/h11-12H,9-10H2,1-8H3. The van der Waals surface area contributed by atoms with Crippen LogP contribution in [-0.4, -0.2) is 56.2 Å². The average Bonchev–Trinajstić information content (AvgIpc) is 2.42.